The van der Waals surface area contributed by atoms with Crippen LogP contribution in [0.3, 0.4) is 0 Å². The molecule has 1 amide bonds. The smallest absolute Gasteiger partial charge is 0.298 e. The summed E-state index contributed by atoms with van der Waals surface area (Å²) >= 11 is 0. The second kappa shape index (κ2) is 6.07. The third-order valence-corrected chi connectivity index (χ3v) is 4.93. The minimum absolute atomic E-state index is 0.0445. The van der Waals surface area contributed by atoms with Crippen LogP contribution in [0.4, 0.5) is 6.01 Å². The molecule has 4 rings (SSSR count). The lowest BCUT2D eigenvalue weighted by molar-refractivity contribution is -0.140. The monoisotopic (exact) mass is 330 g/mol. The number of ether oxygens (including phenoxy) is 1. The number of piperazine rings is 1. The van der Waals surface area contributed by atoms with Crippen LogP contribution in [0.15, 0.2) is 28.7 Å². The van der Waals surface area contributed by atoms with E-state index >= 15 is 0 Å². The van der Waals surface area contributed by atoms with Crippen LogP contribution in [0, 0.1) is 0 Å². The summed E-state index contributed by atoms with van der Waals surface area (Å²) in [5.74, 6) is 0.0445. The summed E-state index contributed by atoms with van der Waals surface area (Å²) in [6.07, 6.45) is 1.19. The van der Waals surface area contributed by atoms with Crippen molar-refractivity contribution in [2.45, 2.75) is 18.4 Å². The summed E-state index contributed by atoms with van der Waals surface area (Å²) in [5, 5.41) is 0. The van der Waals surface area contributed by atoms with Crippen LogP contribution in [-0.4, -0.2) is 60.7 Å². The van der Waals surface area contributed by atoms with Crippen LogP contribution < -0.4 is 10.6 Å². The quantitative estimate of drug-likeness (QED) is 0.884. The maximum absolute atomic E-state index is 12.7. The number of hydrogen-bond acceptors (Lipinski definition) is 6. The summed E-state index contributed by atoms with van der Waals surface area (Å²) < 4.78 is 11.1. The second-order valence-corrected chi connectivity index (χ2v) is 6.51. The van der Waals surface area contributed by atoms with Gasteiger partial charge in [0.15, 0.2) is 5.58 Å². The molecule has 0 atom stereocenters. The maximum atomic E-state index is 12.7. The lowest BCUT2D eigenvalue weighted by Crippen LogP contribution is -2.61. The molecule has 1 aromatic heterocycles. The van der Waals surface area contributed by atoms with Crippen molar-refractivity contribution in [3.63, 3.8) is 0 Å². The van der Waals surface area contributed by atoms with E-state index in [4.69, 9.17) is 14.9 Å². The van der Waals surface area contributed by atoms with Gasteiger partial charge in [0, 0.05) is 39.4 Å². The molecule has 0 aliphatic carbocycles. The Balaban J connectivity index is 1.42. The zero-order valence-corrected chi connectivity index (χ0v) is 13.6. The highest BCUT2D eigenvalue weighted by Gasteiger charge is 2.40. The number of carbonyl (C=O) groups is 1. The zero-order chi connectivity index (χ0) is 16.6. The average Bonchev–Trinajstić information content (AvgIpc) is 3.06. The van der Waals surface area contributed by atoms with Crippen molar-refractivity contribution in [2.24, 2.45) is 5.73 Å². The van der Waals surface area contributed by atoms with Gasteiger partial charge in [0.2, 0.25) is 5.91 Å². The van der Waals surface area contributed by atoms with E-state index < -0.39 is 5.54 Å². The van der Waals surface area contributed by atoms with Gasteiger partial charge < -0.3 is 24.7 Å². The van der Waals surface area contributed by atoms with E-state index in [1.165, 1.54) is 0 Å². The molecule has 0 spiro atoms. The van der Waals surface area contributed by atoms with Crippen molar-refractivity contribution in [1.82, 2.24) is 9.88 Å². The molecule has 0 radical (unpaired) electrons. The number of rotatable bonds is 2. The van der Waals surface area contributed by atoms with Gasteiger partial charge in [0.05, 0.1) is 5.54 Å². The Bertz CT molecular complexity index is 697. The number of amides is 1. The topological polar surface area (TPSA) is 84.8 Å². The molecular formula is C17H22N4O3. The van der Waals surface area contributed by atoms with Crippen molar-refractivity contribution < 1.29 is 13.9 Å². The predicted octanol–water partition coefficient (Wildman–Crippen LogP) is 0.984. The number of oxazole rings is 1. The minimum Gasteiger partial charge on any atom is -0.423 e. The van der Waals surface area contributed by atoms with Crippen molar-refractivity contribution in [1.29, 1.82) is 0 Å². The average molecular weight is 330 g/mol. The number of benzene rings is 1. The van der Waals surface area contributed by atoms with Crippen LogP contribution in [0.25, 0.3) is 11.1 Å². The first kappa shape index (κ1) is 15.4. The van der Waals surface area contributed by atoms with Crippen molar-refractivity contribution in [3.05, 3.63) is 24.3 Å². The molecule has 7 heteroatoms. The summed E-state index contributed by atoms with van der Waals surface area (Å²) in [6.45, 7) is 3.79. The van der Waals surface area contributed by atoms with Gasteiger partial charge in [-0.05, 0) is 25.0 Å². The molecule has 128 valence electrons. The third-order valence-electron chi connectivity index (χ3n) is 4.93. The molecule has 2 fully saturated rings. The molecule has 0 bridgehead atoms. The van der Waals surface area contributed by atoms with Crippen LogP contribution >= 0.6 is 0 Å². The molecule has 7 nitrogen and oxygen atoms in total. The van der Waals surface area contributed by atoms with Gasteiger partial charge in [-0.2, -0.15) is 4.98 Å². The van der Waals surface area contributed by atoms with Gasteiger partial charge in [0.25, 0.3) is 6.01 Å². The highest BCUT2D eigenvalue weighted by atomic mass is 16.5. The molecule has 1 aromatic carbocycles. The molecule has 24 heavy (non-hydrogen) atoms. The van der Waals surface area contributed by atoms with E-state index in [2.05, 4.69) is 9.88 Å². The summed E-state index contributed by atoms with van der Waals surface area (Å²) in [7, 11) is 0. The number of hydrogen-bond donors (Lipinski definition) is 1. The lowest BCUT2D eigenvalue weighted by Gasteiger charge is -2.40. The predicted molar refractivity (Wildman–Crippen MR) is 89.8 cm³/mol. The Morgan fingerprint density at radius 1 is 1.12 bits per heavy atom. The molecule has 2 aliphatic heterocycles. The fourth-order valence-electron chi connectivity index (χ4n) is 3.36. The standard InChI is InChI=1S/C17H22N4O3/c18-17(5-11-23-12-6-17)15(22)20-7-9-21(10-8-20)16-19-13-3-1-2-4-14(13)24-16/h1-4H,5-12,18H2. The van der Waals surface area contributed by atoms with E-state index in [0.717, 1.165) is 11.1 Å². The van der Waals surface area contributed by atoms with Crippen molar-refractivity contribution >= 4 is 23.0 Å². The van der Waals surface area contributed by atoms with E-state index in [0.29, 0.717) is 58.2 Å². The minimum atomic E-state index is -0.766. The fraction of sp³-hybridized carbons (Fsp3) is 0.529. The van der Waals surface area contributed by atoms with E-state index in [1.807, 2.05) is 29.2 Å². The number of aromatic nitrogens is 1. The van der Waals surface area contributed by atoms with E-state index in [-0.39, 0.29) is 5.91 Å². The van der Waals surface area contributed by atoms with Crippen LogP contribution in [0.1, 0.15) is 12.8 Å². The van der Waals surface area contributed by atoms with Crippen molar-refractivity contribution in [2.75, 3.05) is 44.3 Å². The van der Waals surface area contributed by atoms with Gasteiger partial charge in [0.1, 0.15) is 5.52 Å². The number of nitrogens with two attached hydrogens (primary N) is 1. The molecule has 2 saturated heterocycles. The number of carbonyl (C=O) groups excluding carboxylic acids is 1. The Morgan fingerprint density at radius 2 is 1.83 bits per heavy atom. The van der Waals surface area contributed by atoms with Crippen molar-refractivity contribution in [3.8, 4) is 0 Å². The first-order valence-corrected chi connectivity index (χ1v) is 8.42. The Hall–Kier alpha value is -2.12. The number of nitrogens with zero attached hydrogens (tertiary/aromatic N) is 3. The molecule has 2 aliphatic rings. The molecular weight excluding hydrogens is 308 g/mol. The highest BCUT2D eigenvalue weighted by molar-refractivity contribution is 5.86. The van der Waals surface area contributed by atoms with Gasteiger partial charge in [-0.3, -0.25) is 4.79 Å². The van der Waals surface area contributed by atoms with E-state index in [1.54, 1.807) is 0 Å². The molecule has 2 N–H and O–H groups in total. The summed E-state index contributed by atoms with van der Waals surface area (Å²) in [6, 6.07) is 8.35. The molecule has 0 saturated carbocycles. The zero-order valence-electron chi connectivity index (χ0n) is 13.6. The maximum Gasteiger partial charge on any atom is 0.298 e. The Labute approximate surface area is 140 Å². The highest BCUT2D eigenvalue weighted by Crippen LogP contribution is 2.24. The number of anilines is 1. The summed E-state index contributed by atoms with van der Waals surface area (Å²) in [4.78, 5) is 21.2. The largest absolute Gasteiger partial charge is 0.423 e. The van der Waals surface area contributed by atoms with Gasteiger partial charge >= 0.3 is 0 Å². The van der Waals surface area contributed by atoms with Crippen LogP contribution in [0.5, 0.6) is 0 Å². The molecule has 3 heterocycles. The normalized spacial score (nSPS) is 21.2. The van der Waals surface area contributed by atoms with Gasteiger partial charge in [-0.15, -0.1) is 0 Å². The first-order chi connectivity index (χ1) is 11.7. The lowest BCUT2D eigenvalue weighted by atomic mass is 9.89. The first-order valence-electron chi connectivity index (χ1n) is 8.42. The molecule has 0 unspecified atom stereocenters. The molecule has 2 aromatic rings. The summed E-state index contributed by atoms with van der Waals surface area (Å²) in [5.41, 5.74) is 7.19. The van der Waals surface area contributed by atoms with Crippen LogP contribution in [0.2, 0.25) is 0 Å². The van der Waals surface area contributed by atoms with Crippen LogP contribution in [-0.2, 0) is 9.53 Å². The van der Waals surface area contributed by atoms with E-state index in [9.17, 15) is 4.79 Å². The van der Waals surface area contributed by atoms with Gasteiger partial charge in [-0.1, -0.05) is 12.1 Å². The Morgan fingerprint density at radius 3 is 2.54 bits per heavy atom. The number of para-hydroxylation sites is 2. The SMILES string of the molecule is NC1(C(=O)N2CCN(c3nc4ccccc4o3)CC2)CCOCC1. The fourth-order valence-corrected chi connectivity index (χ4v) is 3.36. The van der Waals surface area contributed by atoms with Gasteiger partial charge in [-0.25, -0.2) is 0 Å². The number of fused-ring (bicyclic) bond motifs is 1. The Kier molecular flexibility index (Phi) is 3.90. The second-order valence-electron chi connectivity index (χ2n) is 6.51. The third kappa shape index (κ3) is 2.74.